The van der Waals surface area contributed by atoms with Gasteiger partial charge in [-0.2, -0.15) is 0 Å². The van der Waals surface area contributed by atoms with Crippen molar-refractivity contribution >= 4 is 16.9 Å². The van der Waals surface area contributed by atoms with Crippen molar-refractivity contribution in [1.29, 1.82) is 0 Å². The fourth-order valence-electron chi connectivity index (χ4n) is 2.76. The molecule has 1 aromatic carbocycles. The summed E-state index contributed by atoms with van der Waals surface area (Å²) in [6.45, 7) is 2.84. The molecule has 0 saturated heterocycles. The Hall–Kier alpha value is -2.10. The lowest BCUT2D eigenvalue weighted by molar-refractivity contribution is 0.0926. The zero-order valence-corrected chi connectivity index (χ0v) is 14.5. The van der Waals surface area contributed by atoms with Gasteiger partial charge in [0.15, 0.2) is 11.2 Å². The van der Waals surface area contributed by atoms with Crippen LogP contribution in [0.1, 0.15) is 68.8 Å². The van der Waals surface area contributed by atoms with Crippen LogP contribution in [0, 0.1) is 0 Å². The topological polar surface area (TPSA) is 59.3 Å². The molecule has 0 saturated carbocycles. The predicted octanol–water partition coefficient (Wildman–Crippen LogP) is 4.66. The van der Waals surface area contributed by atoms with Gasteiger partial charge >= 0.3 is 0 Å². The largest absolute Gasteiger partial charge is 0.451 e. The van der Waals surface area contributed by atoms with E-state index in [0.717, 1.165) is 12.8 Å². The maximum atomic E-state index is 12.1. The molecule has 24 heavy (non-hydrogen) atoms. The number of carbonyl (C=O) groups excluding carboxylic acids is 1. The maximum absolute atomic E-state index is 12.1. The molecule has 130 valence electrons. The minimum absolute atomic E-state index is 0.0817. The Labute approximate surface area is 143 Å². The molecule has 0 spiro atoms. The minimum atomic E-state index is -0.319. The van der Waals surface area contributed by atoms with Crippen LogP contribution in [0.2, 0.25) is 0 Å². The van der Waals surface area contributed by atoms with Crippen LogP contribution in [0.3, 0.4) is 0 Å². The van der Waals surface area contributed by atoms with Crippen LogP contribution < -0.4 is 10.7 Å². The lowest BCUT2D eigenvalue weighted by atomic mass is 10.1. The fraction of sp³-hybridized carbons (Fsp3) is 0.500. The molecular weight excluding hydrogens is 302 g/mol. The van der Waals surface area contributed by atoms with Crippen LogP contribution in [0.5, 0.6) is 0 Å². The van der Waals surface area contributed by atoms with E-state index in [0.29, 0.717) is 17.5 Å². The second-order valence-corrected chi connectivity index (χ2v) is 6.20. The molecule has 2 rings (SSSR count). The van der Waals surface area contributed by atoms with Crippen molar-refractivity contribution < 1.29 is 9.21 Å². The summed E-state index contributed by atoms with van der Waals surface area (Å²) in [5, 5.41) is 3.33. The average molecular weight is 329 g/mol. The standard InChI is InChI=1S/C20H27NO3/c1-2-3-4-5-6-7-8-11-14-21-20(23)19-15-17(22)16-12-9-10-13-18(16)24-19/h9-10,12-13,15H,2-8,11,14H2,1H3,(H,21,23). The third-order valence-electron chi connectivity index (χ3n) is 4.17. The van der Waals surface area contributed by atoms with Gasteiger partial charge in [0.25, 0.3) is 5.91 Å². The molecule has 1 N–H and O–H groups in total. The van der Waals surface area contributed by atoms with Gasteiger partial charge in [-0.15, -0.1) is 0 Å². The number of amides is 1. The van der Waals surface area contributed by atoms with E-state index < -0.39 is 0 Å². The SMILES string of the molecule is CCCCCCCCCCNC(=O)c1cc(=O)c2ccccc2o1. The first-order valence-electron chi connectivity index (χ1n) is 9.03. The molecule has 1 heterocycles. The minimum Gasteiger partial charge on any atom is -0.451 e. The molecule has 1 amide bonds. The Kier molecular flexibility index (Phi) is 7.53. The lowest BCUT2D eigenvalue weighted by Gasteiger charge is -2.05. The Morgan fingerprint density at radius 3 is 2.42 bits per heavy atom. The van der Waals surface area contributed by atoms with Gasteiger partial charge in [-0.1, -0.05) is 64.0 Å². The van der Waals surface area contributed by atoms with E-state index in [-0.39, 0.29) is 17.1 Å². The zero-order chi connectivity index (χ0) is 17.2. The van der Waals surface area contributed by atoms with Crippen LogP contribution in [0.15, 0.2) is 39.5 Å². The first-order valence-corrected chi connectivity index (χ1v) is 9.03. The third-order valence-corrected chi connectivity index (χ3v) is 4.17. The van der Waals surface area contributed by atoms with Gasteiger partial charge < -0.3 is 9.73 Å². The fourth-order valence-corrected chi connectivity index (χ4v) is 2.76. The highest BCUT2D eigenvalue weighted by atomic mass is 16.3. The summed E-state index contributed by atoms with van der Waals surface area (Å²) in [5.41, 5.74) is 0.260. The van der Waals surface area contributed by atoms with E-state index in [4.69, 9.17) is 4.42 Å². The number of nitrogens with one attached hydrogen (secondary N) is 1. The van der Waals surface area contributed by atoms with E-state index in [2.05, 4.69) is 12.2 Å². The predicted molar refractivity (Wildman–Crippen MR) is 97.4 cm³/mol. The molecule has 2 aromatic rings. The second kappa shape index (κ2) is 9.91. The van der Waals surface area contributed by atoms with Crippen molar-refractivity contribution in [3.8, 4) is 0 Å². The van der Waals surface area contributed by atoms with Gasteiger partial charge in [0.2, 0.25) is 0 Å². The molecule has 0 atom stereocenters. The highest BCUT2D eigenvalue weighted by Crippen LogP contribution is 2.12. The number of rotatable bonds is 10. The molecule has 0 aliphatic carbocycles. The summed E-state index contributed by atoms with van der Waals surface area (Å²) in [5.74, 6) is -0.237. The number of unbranched alkanes of at least 4 members (excludes halogenated alkanes) is 7. The van der Waals surface area contributed by atoms with Gasteiger partial charge in [-0.05, 0) is 18.6 Å². The molecule has 4 heteroatoms. The monoisotopic (exact) mass is 329 g/mol. The summed E-state index contributed by atoms with van der Waals surface area (Å²) in [6.07, 6.45) is 9.80. The lowest BCUT2D eigenvalue weighted by Crippen LogP contribution is -2.25. The molecule has 4 nitrogen and oxygen atoms in total. The molecule has 0 fully saturated rings. The number of hydrogen-bond donors (Lipinski definition) is 1. The van der Waals surface area contributed by atoms with E-state index in [1.807, 2.05) is 0 Å². The van der Waals surface area contributed by atoms with Gasteiger partial charge in [0, 0.05) is 12.6 Å². The number of carbonyl (C=O) groups is 1. The van der Waals surface area contributed by atoms with Crippen LogP contribution in [0.25, 0.3) is 11.0 Å². The normalized spacial score (nSPS) is 10.9. The molecule has 0 unspecified atom stereocenters. The molecule has 0 aliphatic heterocycles. The van der Waals surface area contributed by atoms with E-state index in [9.17, 15) is 9.59 Å². The number of para-hydroxylation sites is 1. The summed E-state index contributed by atoms with van der Waals surface area (Å²) >= 11 is 0. The Morgan fingerprint density at radius 2 is 1.67 bits per heavy atom. The van der Waals surface area contributed by atoms with Crippen LogP contribution in [-0.4, -0.2) is 12.5 Å². The molecule has 0 radical (unpaired) electrons. The van der Waals surface area contributed by atoms with Gasteiger partial charge in [0.1, 0.15) is 5.58 Å². The van der Waals surface area contributed by atoms with E-state index >= 15 is 0 Å². The second-order valence-electron chi connectivity index (χ2n) is 6.20. The van der Waals surface area contributed by atoms with Crippen molar-refractivity contribution in [3.63, 3.8) is 0 Å². The molecule has 0 bridgehead atoms. The van der Waals surface area contributed by atoms with Crippen LogP contribution >= 0.6 is 0 Å². The molecule has 0 aliphatic rings. The van der Waals surface area contributed by atoms with E-state index in [1.54, 1.807) is 24.3 Å². The van der Waals surface area contributed by atoms with Gasteiger partial charge in [-0.3, -0.25) is 9.59 Å². The Bertz CT molecular complexity index is 705. The third kappa shape index (κ3) is 5.52. The Morgan fingerprint density at radius 1 is 1.00 bits per heavy atom. The smallest absolute Gasteiger partial charge is 0.287 e. The molecular formula is C20H27NO3. The number of fused-ring (bicyclic) bond motifs is 1. The van der Waals surface area contributed by atoms with Crippen molar-refractivity contribution in [2.75, 3.05) is 6.54 Å². The van der Waals surface area contributed by atoms with E-state index in [1.165, 1.54) is 44.6 Å². The first kappa shape index (κ1) is 18.2. The quantitative estimate of drug-likeness (QED) is 0.645. The van der Waals surface area contributed by atoms with Gasteiger partial charge in [-0.25, -0.2) is 0 Å². The summed E-state index contributed by atoms with van der Waals surface area (Å²) in [4.78, 5) is 24.1. The average Bonchev–Trinajstić information content (AvgIpc) is 2.60. The zero-order valence-electron chi connectivity index (χ0n) is 14.5. The van der Waals surface area contributed by atoms with Crippen molar-refractivity contribution in [2.45, 2.75) is 58.3 Å². The van der Waals surface area contributed by atoms with Gasteiger partial charge in [0.05, 0.1) is 5.39 Å². The highest BCUT2D eigenvalue weighted by molar-refractivity contribution is 5.93. The number of hydrogen-bond acceptors (Lipinski definition) is 3. The van der Waals surface area contributed by atoms with Crippen LogP contribution in [0.4, 0.5) is 0 Å². The Balaban J connectivity index is 1.72. The van der Waals surface area contributed by atoms with Crippen LogP contribution in [-0.2, 0) is 0 Å². The summed E-state index contributed by atoms with van der Waals surface area (Å²) < 4.78 is 5.53. The molecule has 1 aromatic heterocycles. The van der Waals surface area contributed by atoms with Crippen molar-refractivity contribution in [1.82, 2.24) is 5.32 Å². The highest BCUT2D eigenvalue weighted by Gasteiger charge is 2.11. The maximum Gasteiger partial charge on any atom is 0.287 e. The first-order chi connectivity index (χ1) is 11.7. The van der Waals surface area contributed by atoms with Crippen molar-refractivity contribution in [3.05, 3.63) is 46.3 Å². The summed E-state index contributed by atoms with van der Waals surface area (Å²) in [6, 6.07) is 8.23. The van der Waals surface area contributed by atoms with Crippen molar-refractivity contribution in [2.24, 2.45) is 0 Å². The number of benzene rings is 1. The summed E-state index contributed by atoms with van der Waals surface area (Å²) in [7, 11) is 0.